The molecule has 0 saturated carbocycles. The van der Waals surface area contributed by atoms with Crippen LogP contribution >= 0.6 is 0 Å². The Morgan fingerprint density at radius 3 is 2.81 bits per heavy atom. The van der Waals surface area contributed by atoms with Gasteiger partial charge in [0.15, 0.2) is 0 Å². The number of nitrogens with one attached hydrogen (secondary N) is 4. The highest BCUT2D eigenvalue weighted by molar-refractivity contribution is 5.98. The highest BCUT2D eigenvalue weighted by Crippen LogP contribution is 2.33. The van der Waals surface area contributed by atoms with Crippen molar-refractivity contribution < 1.29 is 4.79 Å². The second-order valence-electron chi connectivity index (χ2n) is 6.17. The van der Waals surface area contributed by atoms with Crippen LogP contribution in [0.4, 0.5) is 10.7 Å². The predicted octanol–water partition coefficient (Wildman–Crippen LogP) is 3.46. The van der Waals surface area contributed by atoms with E-state index in [2.05, 4.69) is 35.8 Å². The molecule has 27 heavy (non-hydrogen) atoms. The van der Waals surface area contributed by atoms with Gasteiger partial charge in [0.1, 0.15) is 0 Å². The molecular weight excluding hydrogens is 342 g/mol. The minimum Gasteiger partial charge on any atom is -0.338 e. The summed E-state index contributed by atoms with van der Waals surface area (Å²) in [6, 6.07) is 9.57. The molecule has 0 bridgehead atoms. The number of carbonyl (C=O) groups excluding carboxylic acids is 1. The van der Waals surface area contributed by atoms with Gasteiger partial charge in [0, 0.05) is 35.8 Å². The predicted molar refractivity (Wildman–Crippen MR) is 104 cm³/mol. The lowest BCUT2D eigenvalue weighted by Gasteiger charge is -2.05. The lowest BCUT2D eigenvalue weighted by molar-refractivity contribution is 0.252. The van der Waals surface area contributed by atoms with E-state index in [1.54, 1.807) is 12.4 Å². The summed E-state index contributed by atoms with van der Waals surface area (Å²) < 4.78 is 0. The lowest BCUT2D eigenvalue weighted by Crippen LogP contribution is -2.28. The average molecular weight is 361 g/mol. The molecule has 3 aromatic heterocycles. The smallest absolute Gasteiger partial charge is 0.321 e. The van der Waals surface area contributed by atoms with E-state index in [-0.39, 0.29) is 6.03 Å². The maximum atomic E-state index is 11.8. The highest BCUT2D eigenvalue weighted by Gasteiger charge is 2.15. The maximum absolute atomic E-state index is 11.8. The van der Waals surface area contributed by atoms with E-state index >= 15 is 0 Å². The van der Waals surface area contributed by atoms with Gasteiger partial charge in [-0.15, -0.1) is 0 Å². The van der Waals surface area contributed by atoms with E-state index in [1.165, 1.54) is 0 Å². The molecule has 4 N–H and O–H groups in total. The van der Waals surface area contributed by atoms with Crippen molar-refractivity contribution in [3.05, 3.63) is 48.4 Å². The average Bonchev–Trinajstić information content (AvgIpc) is 3.27. The van der Waals surface area contributed by atoms with Gasteiger partial charge in [-0.25, -0.2) is 9.78 Å². The second kappa shape index (κ2) is 6.91. The molecule has 4 aromatic rings. The molecule has 0 saturated heterocycles. The minimum absolute atomic E-state index is 0.304. The Morgan fingerprint density at radius 1 is 1.22 bits per heavy atom. The summed E-state index contributed by atoms with van der Waals surface area (Å²) >= 11 is 0. The van der Waals surface area contributed by atoms with Crippen LogP contribution in [0.5, 0.6) is 0 Å². The minimum atomic E-state index is -0.304. The van der Waals surface area contributed by atoms with Crippen LogP contribution in [0.3, 0.4) is 0 Å². The first-order valence-electron chi connectivity index (χ1n) is 8.65. The Balaban J connectivity index is 1.86. The second-order valence-corrected chi connectivity index (χ2v) is 6.17. The number of fused-ring (bicyclic) bond motifs is 1. The van der Waals surface area contributed by atoms with Crippen LogP contribution in [-0.4, -0.2) is 37.7 Å². The van der Waals surface area contributed by atoms with Gasteiger partial charge in [-0.3, -0.25) is 15.4 Å². The number of aryl methyl sites for hydroxylation is 1. The lowest BCUT2D eigenvalue weighted by atomic mass is 10.0. The van der Waals surface area contributed by atoms with Gasteiger partial charge in [-0.1, -0.05) is 6.07 Å². The number of imidazole rings is 1. The van der Waals surface area contributed by atoms with E-state index in [1.807, 2.05) is 44.2 Å². The van der Waals surface area contributed by atoms with Gasteiger partial charge in [0.2, 0.25) is 5.95 Å². The van der Waals surface area contributed by atoms with Crippen molar-refractivity contribution >= 4 is 23.0 Å². The number of rotatable bonds is 4. The van der Waals surface area contributed by atoms with Gasteiger partial charge in [0.05, 0.1) is 16.7 Å². The molecule has 8 nitrogen and oxygen atoms in total. The van der Waals surface area contributed by atoms with Crippen LogP contribution < -0.4 is 10.6 Å². The zero-order valence-electron chi connectivity index (χ0n) is 15.0. The molecule has 1 aromatic carbocycles. The zero-order chi connectivity index (χ0) is 18.8. The fourth-order valence-electron chi connectivity index (χ4n) is 2.94. The summed E-state index contributed by atoms with van der Waals surface area (Å²) in [5.41, 5.74) is 6.16. The topological polar surface area (TPSA) is 111 Å². The third-order valence-electron chi connectivity index (χ3n) is 4.14. The van der Waals surface area contributed by atoms with Crippen LogP contribution in [-0.2, 0) is 0 Å². The van der Waals surface area contributed by atoms with E-state index in [0.717, 1.165) is 39.1 Å². The molecule has 2 amide bonds. The Bertz CT molecular complexity index is 1100. The number of anilines is 1. The van der Waals surface area contributed by atoms with E-state index in [0.29, 0.717) is 12.5 Å². The number of H-pyrrole nitrogens is 2. The largest absolute Gasteiger partial charge is 0.338 e. The monoisotopic (exact) mass is 361 g/mol. The molecule has 0 aliphatic carbocycles. The number of amides is 2. The Morgan fingerprint density at radius 2 is 2.11 bits per heavy atom. The van der Waals surface area contributed by atoms with Gasteiger partial charge >= 0.3 is 6.03 Å². The Kier molecular flexibility index (Phi) is 4.29. The molecule has 0 aliphatic rings. The molecule has 0 radical (unpaired) electrons. The molecule has 0 fully saturated rings. The normalized spacial score (nSPS) is 10.9. The number of hydrogen-bond donors (Lipinski definition) is 4. The molecular formula is C19H19N7O. The fourth-order valence-corrected chi connectivity index (χ4v) is 2.94. The van der Waals surface area contributed by atoms with Crippen molar-refractivity contribution in [2.24, 2.45) is 0 Å². The van der Waals surface area contributed by atoms with Crippen LogP contribution in [0.25, 0.3) is 33.4 Å². The van der Waals surface area contributed by atoms with Gasteiger partial charge in [-0.2, -0.15) is 5.10 Å². The number of nitrogens with zero attached hydrogens (tertiary/aromatic N) is 3. The number of aromatic amines is 2. The number of urea groups is 1. The van der Waals surface area contributed by atoms with Crippen molar-refractivity contribution in [3.8, 4) is 22.4 Å². The van der Waals surface area contributed by atoms with Crippen molar-refractivity contribution in [2.75, 3.05) is 11.9 Å². The third kappa shape index (κ3) is 3.37. The first-order valence-corrected chi connectivity index (χ1v) is 8.65. The number of hydrogen-bond acceptors (Lipinski definition) is 4. The third-order valence-corrected chi connectivity index (χ3v) is 4.14. The Hall–Kier alpha value is -3.68. The SMILES string of the molecule is CCNC(=O)Nc1nc2cc(-c3cccnc3)cc(-c3cc(C)[nH]n3)c2[nH]1. The standard InChI is InChI=1S/C19H19N7O/c1-3-21-19(27)24-18-22-16-9-13(12-5-4-6-20-10-12)8-14(17(16)23-18)15-7-11(2)25-26-15/h4-10H,3H2,1-2H3,(H,25,26)(H3,21,22,23,24,27). The number of aromatic nitrogens is 5. The van der Waals surface area contributed by atoms with Crippen LogP contribution in [0, 0.1) is 6.92 Å². The number of benzene rings is 1. The maximum Gasteiger partial charge on any atom is 0.321 e. The van der Waals surface area contributed by atoms with Crippen molar-refractivity contribution in [1.29, 1.82) is 0 Å². The molecule has 0 atom stereocenters. The summed E-state index contributed by atoms with van der Waals surface area (Å²) in [4.78, 5) is 23.7. The van der Waals surface area contributed by atoms with Gasteiger partial charge in [-0.05, 0) is 43.7 Å². The van der Waals surface area contributed by atoms with Crippen molar-refractivity contribution in [3.63, 3.8) is 0 Å². The molecule has 8 heteroatoms. The van der Waals surface area contributed by atoms with Crippen molar-refractivity contribution in [1.82, 2.24) is 30.5 Å². The van der Waals surface area contributed by atoms with Gasteiger partial charge in [0.25, 0.3) is 0 Å². The van der Waals surface area contributed by atoms with Crippen LogP contribution in [0.2, 0.25) is 0 Å². The fraction of sp³-hybridized carbons (Fsp3) is 0.158. The summed E-state index contributed by atoms with van der Waals surface area (Å²) in [7, 11) is 0. The van der Waals surface area contributed by atoms with Crippen LogP contribution in [0.1, 0.15) is 12.6 Å². The van der Waals surface area contributed by atoms with Crippen molar-refractivity contribution in [2.45, 2.75) is 13.8 Å². The first kappa shape index (κ1) is 16.8. The van der Waals surface area contributed by atoms with Gasteiger partial charge < -0.3 is 10.3 Å². The van der Waals surface area contributed by atoms with Crippen LogP contribution in [0.15, 0.2) is 42.7 Å². The molecule has 3 heterocycles. The molecule has 4 rings (SSSR count). The summed E-state index contributed by atoms with van der Waals surface area (Å²) in [5.74, 6) is 0.382. The number of carbonyl (C=O) groups is 1. The molecule has 136 valence electrons. The summed E-state index contributed by atoms with van der Waals surface area (Å²) in [6.07, 6.45) is 3.55. The molecule has 0 aliphatic heterocycles. The van der Waals surface area contributed by atoms with E-state index in [4.69, 9.17) is 0 Å². The molecule has 0 unspecified atom stereocenters. The quantitative estimate of drug-likeness (QED) is 0.446. The number of pyridine rings is 1. The summed E-state index contributed by atoms with van der Waals surface area (Å²) in [5, 5.41) is 12.8. The van der Waals surface area contributed by atoms with E-state index in [9.17, 15) is 4.79 Å². The first-order chi connectivity index (χ1) is 13.1. The highest BCUT2D eigenvalue weighted by atomic mass is 16.2. The van der Waals surface area contributed by atoms with E-state index < -0.39 is 0 Å². The summed E-state index contributed by atoms with van der Waals surface area (Å²) in [6.45, 7) is 4.35. The molecule has 0 spiro atoms. The Labute approximate surface area is 155 Å². The zero-order valence-corrected chi connectivity index (χ0v) is 15.0.